The quantitative estimate of drug-likeness (QED) is 0.741. The van der Waals surface area contributed by atoms with Gasteiger partial charge in [-0.05, 0) is 19.3 Å². The third-order valence-corrected chi connectivity index (χ3v) is 2.65. The maximum atomic E-state index is 8.80. The van der Waals surface area contributed by atoms with Crippen molar-refractivity contribution in [3.63, 3.8) is 0 Å². The number of hydrogen-bond donors (Lipinski definition) is 1. The first-order valence-electron chi connectivity index (χ1n) is 5.66. The minimum atomic E-state index is 0.209. The summed E-state index contributed by atoms with van der Waals surface area (Å²) in [6.07, 6.45) is 2.49. The summed E-state index contributed by atoms with van der Waals surface area (Å²) < 4.78 is 15.9. The average molecular weight is 240 g/mol. The van der Waals surface area contributed by atoms with Crippen LogP contribution in [0.3, 0.4) is 0 Å². The third-order valence-electron chi connectivity index (χ3n) is 2.65. The van der Waals surface area contributed by atoms with E-state index in [0.29, 0.717) is 5.75 Å². The molecule has 0 atom stereocenters. The van der Waals surface area contributed by atoms with Gasteiger partial charge in [0, 0.05) is 24.3 Å². The Hall–Kier alpha value is -1.42. The lowest BCUT2D eigenvalue weighted by Crippen LogP contribution is -1.99. The number of ether oxygens (including phenoxy) is 3. The molecule has 1 rings (SSSR count). The van der Waals surface area contributed by atoms with Gasteiger partial charge in [0.25, 0.3) is 0 Å². The molecule has 1 aromatic carbocycles. The Balaban J connectivity index is 2.98. The van der Waals surface area contributed by atoms with Crippen molar-refractivity contribution in [2.75, 3.05) is 27.9 Å². The van der Waals surface area contributed by atoms with Gasteiger partial charge in [-0.25, -0.2) is 0 Å². The summed E-state index contributed by atoms with van der Waals surface area (Å²) in [4.78, 5) is 0. The fourth-order valence-electron chi connectivity index (χ4n) is 1.74. The van der Waals surface area contributed by atoms with Crippen LogP contribution in [0, 0.1) is 0 Å². The lowest BCUT2D eigenvalue weighted by Gasteiger charge is -2.14. The van der Waals surface area contributed by atoms with Gasteiger partial charge in [-0.2, -0.15) is 0 Å². The Labute approximate surface area is 102 Å². The van der Waals surface area contributed by atoms with Crippen molar-refractivity contribution in [1.29, 1.82) is 0 Å². The molecule has 0 saturated heterocycles. The summed E-state index contributed by atoms with van der Waals surface area (Å²) in [6.45, 7) is 0.209. The Morgan fingerprint density at radius 1 is 0.941 bits per heavy atom. The van der Waals surface area contributed by atoms with Crippen LogP contribution in [0.4, 0.5) is 0 Å². The Bertz CT molecular complexity index is 324. The van der Waals surface area contributed by atoms with Gasteiger partial charge in [-0.3, -0.25) is 0 Å². The van der Waals surface area contributed by atoms with Crippen LogP contribution in [0.1, 0.15) is 18.4 Å². The molecule has 0 fully saturated rings. The second-order valence-corrected chi connectivity index (χ2v) is 3.69. The fraction of sp³-hybridized carbons (Fsp3) is 0.538. The van der Waals surface area contributed by atoms with Crippen molar-refractivity contribution in [3.05, 3.63) is 17.7 Å². The lowest BCUT2D eigenvalue weighted by atomic mass is 10.1. The molecular formula is C13H20O4. The summed E-state index contributed by atoms with van der Waals surface area (Å²) in [7, 11) is 4.87. The Morgan fingerprint density at radius 3 is 1.94 bits per heavy atom. The first-order valence-corrected chi connectivity index (χ1v) is 5.66. The molecule has 0 aliphatic heterocycles. The molecule has 1 N–H and O–H groups in total. The van der Waals surface area contributed by atoms with Gasteiger partial charge in [0.15, 0.2) is 0 Å². The predicted octanol–water partition coefficient (Wildman–Crippen LogP) is 2.03. The summed E-state index contributed by atoms with van der Waals surface area (Å²) in [5, 5.41) is 8.80. The number of hydrogen-bond acceptors (Lipinski definition) is 4. The van der Waals surface area contributed by atoms with Crippen molar-refractivity contribution in [2.45, 2.75) is 19.3 Å². The molecule has 0 heterocycles. The molecule has 0 aromatic heterocycles. The SMILES string of the molecule is COc1cc(OC)c(CCCCO)c(OC)c1. The van der Waals surface area contributed by atoms with Crippen LogP contribution in [-0.4, -0.2) is 33.0 Å². The number of methoxy groups -OCH3 is 3. The zero-order valence-corrected chi connectivity index (χ0v) is 10.7. The molecule has 0 unspecified atom stereocenters. The molecule has 1 aromatic rings. The molecule has 0 aliphatic rings. The molecule has 96 valence electrons. The zero-order valence-electron chi connectivity index (χ0n) is 10.7. The highest BCUT2D eigenvalue weighted by Gasteiger charge is 2.12. The summed E-state index contributed by atoms with van der Waals surface area (Å²) in [6, 6.07) is 3.69. The highest BCUT2D eigenvalue weighted by Crippen LogP contribution is 2.34. The summed E-state index contributed by atoms with van der Waals surface area (Å²) >= 11 is 0. The molecule has 4 nitrogen and oxygen atoms in total. The van der Waals surface area contributed by atoms with Gasteiger partial charge in [-0.1, -0.05) is 0 Å². The van der Waals surface area contributed by atoms with E-state index in [2.05, 4.69) is 0 Å². The first-order chi connectivity index (χ1) is 8.26. The molecule has 0 aliphatic carbocycles. The van der Waals surface area contributed by atoms with E-state index in [0.717, 1.165) is 36.3 Å². The molecule has 0 radical (unpaired) electrons. The predicted molar refractivity (Wildman–Crippen MR) is 66.1 cm³/mol. The third kappa shape index (κ3) is 3.53. The largest absolute Gasteiger partial charge is 0.496 e. The topological polar surface area (TPSA) is 47.9 Å². The highest BCUT2D eigenvalue weighted by molar-refractivity contribution is 5.50. The number of rotatable bonds is 7. The van der Waals surface area contributed by atoms with Crippen molar-refractivity contribution in [3.8, 4) is 17.2 Å². The van der Waals surface area contributed by atoms with E-state index < -0.39 is 0 Å². The van der Waals surface area contributed by atoms with Crippen molar-refractivity contribution < 1.29 is 19.3 Å². The summed E-state index contributed by atoms with van der Waals surface area (Å²) in [5.41, 5.74) is 1.02. The Kier molecular flexibility index (Phi) is 5.63. The van der Waals surface area contributed by atoms with E-state index in [1.807, 2.05) is 12.1 Å². The minimum absolute atomic E-state index is 0.209. The van der Waals surface area contributed by atoms with Crippen molar-refractivity contribution in [2.24, 2.45) is 0 Å². The highest BCUT2D eigenvalue weighted by atomic mass is 16.5. The van der Waals surface area contributed by atoms with Gasteiger partial charge < -0.3 is 19.3 Å². The van der Waals surface area contributed by atoms with Gasteiger partial charge in [-0.15, -0.1) is 0 Å². The van der Waals surface area contributed by atoms with Crippen LogP contribution in [0.15, 0.2) is 12.1 Å². The molecule has 17 heavy (non-hydrogen) atoms. The van der Waals surface area contributed by atoms with Gasteiger partial charge in [0.05, 0.1) is 21.3 Å². The minimum Gasteiger partial charge on any atom is -0.496 e. The van der Waals surface area contributed by atoms with Crippen LogP contribution in [-0.2, 0) is 6.42 Å². The number of benzene rings is 1. The molecule has 0 saturated carbocycles. The second kappa shape index (κ2) is 7.01. The maximum absolute atomic E-state index is 8.80. The number of unbranched alkanes of at least 4 members (excludes halogenated alkanes) is 1. The standard InChI is InChI=1S/C13H20O4/c1-15-10-8-12(16-2)11(6-4-5-7-14)13(9-10)17-3/h8-9,14H,4-7H2,1-3H3. The van der Waals surface area contributed by atoms with Crippen LogP contribution in [0.25, 0.3) is 0 Å². The van der Waals surface area contributed by atoms with E-state index in [4.69, 9.17) is 19.3 Å². The van der Waals surface area contributed by atoms with E-state index in [-0.39, 0.29) is 6.61 Å². The number of aliphatic hydroxyl groups is 1. The van der Waals surface area contributed by atoms with E-state index in [9.17, 15) is 0 Å². The monoisotopic (exact) mass is 240 g/mol. The van der Waals surface area contributed by atoms with Crippen LogP contribution >= 0.6 is 0 Å². The van der Waals surface area contributed by atoms with Crippen LogP contribution in [0.2, 0.25) is 0 Å². The normalized spacial score (nSPS) is 10.1. The first kappa shape index (κ1) is 13.6. The smallest absolute Gasteiger partial charge is 0.129 e. The van der Waals surface area contributed by atoms with E-state index >= 15 is 0 Å². The number of aliphatic hydroxyl groups excluding tert-OH is 1. The Morgan fingerprint density at radius 2 is 1.53 bits per heavy atom. The van der Waals surface area contributed by atoms with Gasteiger partial charge in [0.1, 0.15) is 17.2 Å². The van der Waals surface area contributed by atoms with Crippen molar-refractivity contribution in [1.82, 2.24) is 0 Å². The molecular weight excluding hydrogens is 220 g/mol. The lowest BCUT2D eigenvalue weighted by molar-refractivity contribution is 0.284. The average Bonchev–Trinajstić information content (AvgIpc) is 2.38. The summed E-state index contributed by atoms with van der Waals surface area (Å²) in [5.74, 6) is 2.24. The van der Waals surface area contributed by atoms with E-state index in [1.54, 1.807) is 21.3 Å². The molecule has 0 bridgehead atoms. The zero-order chi connectivity index (χ0) is 12.7. The molecule has 0 amide bonds. The second-order valence-electron chi connectivity index (χ2n) is 3.69. The van der Waals surface area contributed by atoms with Gasteiger partial charge in [0.2, 0.25) is 0 Å². The van der Waals surface area contributed by atoms with Crippen molar-refractivity contribution >= 4 is 0 Å². The van der Waals surface area contributed by atoms with Crippen LogP contribution < -0.4 is 14.2 Å². The molecule has 0 spiro atoms. The molecule has 4 heteroatoms. The fourth-order valence-corrected chi connectivity index (χ4v) is 1.74. The van der Waals surface area contributed by atoms with E-state index in [1.165, 1.54) is 0 Å². The van der Waals surface area contributed by atoms with Crippen LogP contribution in [0.5, 0.6) is 17.2 Å². The van der Waals surface area contributed by atoms with Gasteiger partial charge >= 0.3 is 0 Å². The maximum Gasteiger partial charge on any atom is 0.129 e.